The van der Waals surface area contributed by atoms with Crippen LogP contribution in [0.3, 0.4) is 0 Å². The molecule has 0 N–H and O–H groups in total. The van der Waals surface area contributed by atoms with Gasteiger partial charge in [0.1, 0.15) is 0 Å². The van der Waals surface area contributed by atoms with E-state index >= 15 is 0 Å². The molecule has 0 aromatic heterocycles. The number of hydrogen-bond donors (Lipinski definition) is 0. The van der Waals surface area contributed by atoms with Gasteiger partial charge < -0.3 is 0 Å². The van der Waals surface area contributed by atoms with Crippen LogP contribution in [0.4, 0.5) is 0 Å². The predicted molar refractivity (Wildman–Crippen MR) is 59.8 cm³/mol. The summed E-state index contributed by atoms with van der Waals surface area (Å²) in [6.45, 7) is 4.27. The van der Waals surface area contributed by atoms with E-state index in [0.717, 1.165) is 0 Å². The van der Waals surface area contributed by atoms with Gasteiger partial charge in [-0.15, -0.1) is 0 Å². The molecule has 0 fully saturated rings. The number of rotatable bonds is 2. The van der Waals surface area contributed by atoms with Gasteiger partial charge in [-0.25, -0.2) is 0 Å². The summed E-state index contributed by atoms with van der Waals surface area (Å²) < 4.78 is 2.98. The molecule has 0 aliphatic carbocycles. The molecule has 0 aliphatic heterocycles. The zero-order chi connectivity index (χ0) is 10.7. The molecule has 0 saturated carbocycles. The maximum atomic E-state index is 2.25. The minimum absolute atomic E-state index is 0.00313. The average Bonchev–Trinajstić information content (AvgIpc) is 2.25. The van der Waals surface area contributed by atoms with Crippen LogP contribution in [0.5, 0.6) is 0 Å². The van der Waals surface area contributed by atoms with Crippen LogP contribution >= 0.6 is 0 Å². The first-order valence-corrected chi connectivity index (χ1v) is 7.18. The van der Waals surface area contributed by atoms with Crippen LogP contribution < -0.4 is 21.2 Å². The van der Waals surface area contributed by atoms with Crippen molar-refractivity contribution in [3.05, 3.63) is 66.8 Å². The Morgan fingerprint density at radius 1 is 0.600 bits per heavy atom. The third kappa shape index (κ3) is 3.06. The quantitative estimate of drug-likeness (QED) is 0.706. The van der Waals surface area contributed by atoms with E-state index in [1.807, 2.05) is 0 Å². The molecular formula is C14H14I-. The summed E-state index contributed by atoms with van der Waals surface area (Å²) in [5.41, 5.74) is 2.68. The van der Waals surface area contributed by atoms with E-state index in [1.54, 1.807) is 0 Å². The Labute approximate surface area is 102 Å². The Bertz CT molecular complexity index is 382. The Kier molecular flexibility index (Phi) is 3.41. The number of halogens is 1. The second kappa shape index (κ2) is 4.79. The van der Waals surface area contributed by atoms with Crippen molar-refractivity contribution in [2.75, 3.05) is 0 Å². The van der Waals surface area contributed by atoms with Crippen molar-refractivity contribution < 1.29 is 21.2 Å². The summed E-state index contributed by atoms with van der Waals surface area (Å²) in [6, 6.07) is 17.8. The molecule has 1 heteroatoms. The first-order valence-electron chi connectivity index (χ1n) is 5.02. The SMILES string of the molecule is Cc1ccc([I-]c2ccc(C)cc2)cc1. The van der Waals surface area contributed by atoms with E-state index < -0.39 is 0 Å². The number of aryl methyl sites for hydroxylation is 2. The minimum atomic E-state index is 0.00313. The second-order valence-electron chi connectivity index (χ2n) is 3.69. The maximum absolute atomic E-state index is 2.25. The molecule has 0 bridgehead atoms. The van der Waals surface area contributed by atoms with E-state index in [2.05, 4.69) is 62.4 Å². The summed E-state index contributed by atoms with van der Waals surface area (Å²) in [6.07, 6.45) is 0. The molecule has 0 heterocycles. The number of benzene rings is 2. The van der Waals surface area contributed by atoms with Crippen LogP contribution in [0, 0.1) is 21.0 Å². The fourth-order valence-electron chi connectivity index (χ4n) is 1.32. The van der Waals surface area contributed by atoms with Crippen molar-refractivity contribution in [3.63, 3.8) is 0 Å². The summed E-state index contributed by atoms with van der Waals surface area (Å²) in [7, 11) is 0. The van der Waals surface area contributed by atoms with Gasteiger partial charge in [0.2, 0.25) is 0 Å². The molecule has 78 valence electrons. The van der Waals surface area contributed by atoms with Crippen molar-refractivity contribution in [3.8, 4) is 0 Å². The fourth-order valence-corrected chi connectivity index (χ4v) is 3.48. The molecule has 0 amide bonds. The van der Waals surface area contributed by atoms with Gasteiger partial charge in [0.15, 0.2) is 0 Å². The topological polar surface area (TPSA) is 0 Å². The molecule has 2 aromatic carbocycles. The summed E-state index contributed by atoms with van der Waals surface area (Å²) in [5.74, 6) is 0. The van der Waals surface area contributed by atoms with E-state index in [1.165, 1.54) is 18.3 Å². The molecule has 0 unspecified atom stereocenters. The van der Waals surface area contributed by atoms with Crippen LogP contribution in [-0.4, -0.2) is 0 Å². The summed E-state index contributed by atoms with van der Waals surface area (Å²) in [4.78, 5) is 0. The van der Waals surface area contributed by atoms with Crippen molar-refractivity contribution in [2.45, 2.75) is 13.8 Å². The monoisotopic (exact) mass is 309 g/mol. The Morgan fingerprint density at radius 2 is 0.933 bits per heavy atom. The van der Waals surface area contributed by atoms with Crippen LogP contribution in [-0.2, 0) is 0 Å². The van der Waals surface area contributed by atoms with E-state index in [-0.39, 0.29) is 21.2 Å². The van der Waals surface area contributed by atoms with Crippen LogP contribution in [0.2, 0.25) is 0 Å². The molecule has 0 nitrogen and oxygen atoms in total. The van der Waals surface area contributed by atoms with Crippen LogP contribution in [0.25, 0.3) is 0 Å². The second-order valence-corrected chi connectivity index (χ2v) is 6.72. The van der Waals surface area contributed by atoms with Crippen LogP contribution in [0.15, 0.2) is 48.5 Å². The van der Waals surface area contributed by atoms with Crippen molar-refractivity contribution >= 4 is 0 Å². The van der Waals surface area contributed by atoms with Crippen LogP contribution in [0.1, 0.15) is 11.1 Å². The van der Waals surface area contributed by atoms with Gasteiger partial charge in [-0.05, 0) is 0 Å². The molecule has 2 aromatic rings. The summed E-state index contributed by atoms with van der Waals surface area (Å²) in [5, 5.41) is 0. The van der Waals surface area contributed by atoms with E-state index in [0.29, 0.717) is 0 Å². The van der Waals surface area contributed by atoms with Crippen molar-refractivity contribution in [1.29, 1.82) is 0 Å². The number of hydrogen-bond acceptors (Lipinski definition) is 0. The molecule has 2 rings (SSSR count). The van der Waals surface area contributed by atoms with Gasteiger partial charge in [0.05, 0.1) is 0 Å². The van der Waals surface area contributed by atoms with E-state index in [9.17, 15) is 0 Å². The molecule has 0 radical (unpaired) electrons. The Morgan fingerprint density at radius 3 is 1.27 bits per heavy atom. The molecule has 15 heavy (non-hydrogen) atoms. The molecule has 0 aliphatic rings. The fraction of sp³-hybridized carbons (Fsp3) is 0.143. The standard InChI is InChI=1S/C14H14I/c1-11-3-7-13(8-4-11)15-14-9-5-12(2)6-10-14/h3-10H,1-2H3/q-1. The first kappa shape index (κ1) is 10.7. The van der Waals surface area contributed by atoms with Gasteiger partial charge in [-0.1, -0.05) is 0 Å². The zero-order valence-corrected chi connectivity index (χ0v) is 11.2. The molecule has 0 atom stereocenters. The van der Waals surface area contributed by atoms with Gasteiger partial charge in [-0.3, -0.25) is 0 Å². The molecule has 0 saturated heterocycles. The van der Waals surface area contributed by atoms with Gasteiger partial charge in [-0.2, -0.15) is 0 Å². The van der Waals surface area contributed by atoms with Gasteiger partial charge in [0, 0.05) is 0 Å². The predicted octanol–water partition coefficient (Wildman–Crippen LogP) is 0.432. The Balaban J connectivity index is 2.15. The third-order valence-corrected chi connectivity index (χ3v) is 4.92. The summed E-state index contributed by atoms with van der Waals surface area (Å²) >= 11 is 0.00313. The molecular weight excluding hydrogens is 295 g/mol. The third-order valence-electron chi connectivity index (χ3n) is 2.24. The first-order chi connectivity index (χ1) is 7.24. The van der Waals surface area contributed by atoms with E-state index in [4.69, 9.17) is 0 Å². The van der Waals surface area contributed by atoms with Gasteiger partial charge in [0.25, 0.3) is 0 Å². The Hall–Kier alpha value is -0.830. The average molecular weight is 309 g/mol. The van der Waals surface area contributed by atoms with Crippen molar-refractivity contribution in [2.24, 2.45) is 0 Å². The van der Waals surface area contributed by atoms with Crippen molar-refractivity contribution in [1.82, 2.24) is 0 Å². The normalized spacial score (nSPS) is 10.5. The molecule has 0 spiro atoms. The zero-order valence-electron chi connectivity index (χ0n) is 9.00. The van der Waals surface area contributed by atoms with Gasteiger partial charge >= 0.3 is 102 Å².